The highest BCUT2D eigenvalue weighted by atomic mass is 16.3. The topological polar surface area (TPSA) is 43.0 Å². The van der Waals surface area contributed by atoms with Crippen LogP contribution in [0.3, 0.4) is 0 Å². The average molecular weight is 283 g/mol. The van der Waals surface area contributed by atoms with Gasteiger partial charge in [0, 0.05) is 41.8 Å². The van der Waals surface area contributed by atoms with Crippen LogP contribution in [0.15, 0.2) is 34.9 Å². The Morgan fingerprint density at radius 2 is 2.05 bits per heavy atom. The highest BCUT2D eigenvalue weighted by Gasteiger charge is 2.14. The minimum Gasteiger partial charge on any atom is -0.461 e. The number of benzene rings is 1. The van der Waals surface area contributed by atoms with E-state index in [2.05, 4.69) is 36.4 Å². The second kappa shape index (κ2) is 5.37. The van der Waals surface area contributed by atoms with Crippen molar-refractivity contribution in [2.45, 2.75) is 33.4 Å². The molecule has 1 N–H and O–H groups in total. The lowest BCUT2D eigenvalue weighted by Gasteiger charge is -2.13. The molecular formula is C17H21N3O. The zero-order chi connectivity index (χ0) is 15.0. The first-order valence-corrected chi connectivity index (χ1v) is 7.27. The van der Waals surface area contributed by atoms with Gasteiger partial charge in [0.05, 0.1) is 6.20 Å². The van der Waals surface area contributed by atoms with Gasteiger partial charge < -0.3 is 9.73 Å². The van der Waals surface area contributed by atoms with Crippen molar-refractivity contribution in [1.29, 1.82) is 0 Å². The summed E-state index contributed by atoms with van der Waals surface area (Å²) in [4.78, 5) is 0. The SMILES string of the molecule is Cc1oc2ccccc2c1CNC(C)c1cnn(C)c1C. The van der Waals surface area contributed by atoms with Crippen LogP contribution in [-0.2, 0) is 13.6 Å². The highest BCUT2D eigenvalue weighted by molar-refractivity contribution is 5.82. The molecule has 2 aromatic heterocycles. The highest BCUT2D eigenvalue weighted by Crippen LogP contribution is 2.26. The maximum Gasteiger partial charge on any atom is 0.134 e. The van der Waals surface area contributed by atoms with Crippen LogP contribution >= 0.6 is 0 Å². The summed E-state index contributed by atoms with van der Waals surface area (Å²) in [7, 11) is 1.97. The fourth-order valence-corrected chi connectivity index (χ4v) is 2.75. The van der Waals surface area contributed by atoms with E-state index in [0.29, 0.717) is 0 Å². The van der Waals surface area contributed by atoms with E-state index in [9.17, 15) is 0 Å². The van der Waals surface area contributed by atoms with Crippen molar-refractivity contribution in [1.82, 2.24) is 15.1 Å². The van der Waals surface area contributed by atoms with Crippen LogP contribution in [-0.4, -0.2) is 9.78 Å². The summed E-state index contributed by atoms with van der Waals surface area (Å²) in [5.41, 5.74) is 4.63. The van der Waals surface area contributed by atoms with Crippen LogP contribution < -0.4 is 5.32 Å². The molecule has 21 heavy (non-hydrogen) atoms. The Balaban J connectivity index is 1.80. The molecule has 0 bridgehead atoms. The summed E-state index contributed by atoms with van der Waals surface area (Å²) in [6, 6.07) is 8.44. The monoisotopic (exact) mass is 283 g/mol. The molecule has 2 heterocycles. The Kier molecular flexibility index (Phi) is 3.55. The molecule has 3 rings (SSSR count). The van der Waals surface area contributed by atoms with Crippen molar-refractivity contribution in [2.24, 2.45) is 7.05 Å². The summed E-state index contributed by atoms with van der Waals surface area (Å²) in [6.07, 6.45) is 1.94. The molecular weight excluding hydrogens is 262 g/mol. The number of fused-ring (bicyclic) bond motifs is 1. The minimum absolute atomic E-state index is 0.256. The number of nitrogens with one attached hydrogen (secondary N) is 1. The number of nitrogens with zero attached hydrogens (tertiary/aromatic N) is 2. The zero-order valence-electron chi connectivity index (χ0n) is 13.0. The maximum absolute atomic E-state index is 5.81. The van der Waals surface area contributed by atoms with Crippen molar-refractivity contribution in [2.75, 3.05) is 0 Å². The van der Waals surface area contributed by atoms with Gasteiger partial charge in [-0.2, -0.15) is 5.10 Å². The van der Waals surface area contributed by atoms with Gasteiger partial charge in [-0.05, 0) is 26.8 Å². The predicted molar refractivity (Wildman–Crippen MR) is 84.2 cm³/mol. The third-order valence-electron chi connectivity index (χ3n) is 4.22. The lowest BCUT2D eigenvalue weighted by atomic mass is 10.1. The summed E-state index contributed by atoms with van der Waals surface area (Å²) < 4.78 is 7.72. The number of para-hydroxylation sites is 1. The second-order valence-corrected chi connectivity index (χ2v) is 5.54. The Morgan fingerprint density at radius 3 is 2.76 bits per heavy atom. The number of rotatable bonds is 4. The van der Waals surface area contributed by atoms with Crippen LogP contribution in [0.1, 0.15) is 35.5 Å². The zero-order valence-corrected chi connectivity index (χ0v) is 13.0. The van der Waals surface area contributed by atoms with E-state index < -0.39 is 0 Å². The molecule has 1 unspecified atom stereocenters. The average Bonchev–Trinajstić information content (AvgIpc) is 2.97. The van der Waals surface area contributed by atoms with Crippen LogP contribution in [0.5, 0.6) is 0 Å². The summed E-state index contributed by atoms with van der Waals surface area (Å²) in [5, 5.41) is 9.08. The van der Waals surface area contributed by atoms with Crippen molar-refractivity contribution >= 4 is 11.0 Å². The van der Waals surface area contributed by atoms with Crippen molar-refractivity contribution in [3.63, 3.8) is 0 Å². The molecule has 0 radical (unpaired) electrons. The van der Waals surface area contributed by atoms with E-state index in [4.69, 9.17) is 4.42 Å². The van der Waals surface area contributed by atoms with E-state index >= 15 is 0 Å². The molecule has 3 aromatic rings. The van der Waals surface area contributed by atoms with Gasteiger partial charge in [-0.15, -0.1) is 0 Å². The predicted octanol–water partition coefficient (Wildman–Crippen LogP) is 3.63. The molecule has 0 spiro atoms. The van der Waals surface area contributed by atoms with Crippen LogP contribution in [0.4, 0.5) is 0 Å². The Bertz CT molecular complexity index is 770. The Labute approximate surface area is 124 Å². The standard InChI is InChI=1S/C17H21N3O/c1-11(15-10-19-20(4)12(15)2)18-9-16-13(3)21-17-8-6-5-7-14(16)17/h5-8,10-11,18H,9H2,1-4H3. The molecule has 0 saturated carbocycles. The normalized spacial score (nSPS) is 13.0. The molecule has 1 atom stereocenters. The first kappa shape index (κ1) is 13.9. The number of furan rings is 1. The molecule has 4 nitrogen and oxygen atoms in total. The lowest BCUT2D eigenvalue weighted by Crippen LogP contribution is -2.18. The van der Waals surface area contributed by atoms with E-state index in [1.807, 2.05) is 37.0 Å². The summed E-state index contributed by atoms with van der Waals surface area (Å²) >= 11 is 0. The molecule has 0 saturated heterocycles. The molecule has 0 fully saturated rings. The number of hydrogen-bond donors (Lipinski definition) is 1. The van der Waals surface area contributed by atoms with Gasteiger partial charge in [-0.25, -0.2) is 0 Å². The van der Waals surface area contributed by atoms with Gasteiger partial charge in [-0.3, -0.25) is 4.68 Å². The maximum atomic E-state index is 5.81. The van der Waals surface area contributed by atoms with Gasteiger partial charge in [0.25, 0.3) is 0 Å². The first-order valence-electron chi connectivity index (χ1n) is 7.27. The van der Waals surface area contributed by atoms with Gasteiger partial charge in [0.15, 0.2) is 0 Å². The van der Waals surface area contributed by atoms with Gasteiger partial charge in [0.1, 0.15) is 11.3 Å². The van der Waals surface area contributed by atoms with Gasteiger partial charge in [-0.1, -0.05) is 18.2 Å². The van der Waals surface area contributed by atoms with E-state index in [0.717, 1.165) is 17.9 Å². The van der Waals surface area contributed by atoms with E-state index in [-0.39, 0.29) is 6.04 Å². The quantitative estimate of drug-likeness (QED) is 0.795. The smallest absolute Gasteiger partial charge is 0.134 e. The third kappa shape index (κ3) is 2.47. The number of hydrogen-bond acceptors (Lipinski definition) is 3. The molecule has 0 aliphatic carbocycles. The van der Waals surface area contributed by atoms with Crippen molar-refractivity contribution in [3.8, 4) is 0 Å². The molecule has 4 heteroatoms. The molecule has 0 aliphatic heterocycles. The second-order valence-electron chi connectivity index (χ2n) is 5.54. The number of aryl methyl sites for hydroxylation is 2. The number of aromatic nitrogens is 2. The minimum atomic E-state index is 0.256. The van der Waals surface area contributed by atoms with E-state index in [1.54, 1.807) is 0 Å². The Hall–Kier alpha value is -2.07. The van der Waals surface area contributed by atoms with Crippen LogP contribution in [0.25, 0.3) is 11.0 Å². The Morgan fingerprint density at radius 1 is 1.29 bits per heavy atom. The molecule has 0 amide bonds. The molecule has 110 valence electrons. The van der Waals surface area contributed by atoms with E-state index in [1.165, 1.54) is 22.2 Å². The summed E-state index contributed by atoms with van der Waals surface area (Å²) in [5.74, 6) is 0.985. The first-order chi connectivity index (χ1) is 10.1. The lowest BCUT2D eigenvalue weighted by molar-refractivity contribution is 0.542. The van der Waals surface area contributed by atoms with Gasteiger partial charge in [0.2, 0.25) is 0 Å². The van der Waals surface area contributed by atoms with Crippen molar-refractivity contribution in [3.05, 3.63) is 53.0 Å². The fraction of sp³-hybridized carbons (Fsp3) is 0.353. The van der Waals surface area contributed by atoms with Crippen LogP contribution in [0, 0.1) is 13.8 Å². The fourth-order valence-electron chi connectivity index (χ4n) is 2.75. The van der Waals surface area contributed by atoms with Gasteiger partial charge >= 0.3 is 0 Å². The third-order valence-corrected chi connectivity index (χ3v) is 4.22. The van der Waals surface area contributed by atoms with Crippen molar-refractivity contribution < 1.29 is 4.42 Å². The largest absolute Gasteiger partial charge is 0.461 e. The summed E-state index contributed by atoms with van der Waals surface area (Å²) in [6.45, 7) is 7.08. The van der Waals surface area contributed by atoms with Crippen LogP contribution in [0.2, 0.25) is 0 Å². The molecule has 0 aliphatic rings. The molecule has 1 aromatic carbocycles.